The van der Waals surface area contributed by atoms with Gasteiger partial charge < -0.3 is 24.6 Å². The Morgan fingerprint density at radius 2 is 1.90 bits per heavy atom. The van der Waals surface area contributed by atoms with Gasteiger partial charge in [0.2, 0.25) is 5.95 Å². The van der Waals surface area contributed by atoms with Gasteiger partial charge in [-0.2, -0.15) is 4.98 Å². The van der Waals surface area contributed by atoms with E-state index in [1.54, 1.807) is 24.2 Å². The molecule has 8 nitrogen and oxygen atoms in total. The molecule has 1 aliphatic heterocycles. The number of piperidine rings is 1. The largest absolute Gasteiger partial charge is 0.494 e. The Hall–Kier alpha value is -3.69. The lowest BCUT2D eigenvalue weighted by molar-refractivity contribution is 0.0350. The molecule has 1 atom stereocenters. The van der Waals surface area contributed by atoms with E-state index in [0.29, 0.717) is 42.8 Å². The second-order valence-corrected chi connectivity index (χ2v) is 10.9. The van der Waals surface area contributed by atoms with E-state index in [-0.39, 0.29) is 11.7 Å². The van der Waals surface area contributed by atoms with Gasteiger partial charge in [-0.15, -0.1) is 0 Å². The second kappa shape index (κ2) is 10.1. The number of methoxy groups -OCH3 is 1. The molecule has 1 aliphatic carbocycles. The number of halogens is 2. The minimum Gasteiger partial charge on any atom is -0.494 e. The topological polar surface area (TPSA) is 88.3 Å². The van der Waals surface area contributed by atoms with Gasteiger partial charge in [-0.05, 0) is 62.4 Å². The van der Waals surface area contributed by atoms with Gasteiger partial charge in [-0.1, -0.05) is 23.7 Å². The Morgan fingerprint density at radius 3 is 2.59 bits per heavy atom. The molecule has 2 aromatic carbocycles. The molecule has 1 unspecified atom stereocenters. The van der Waals surface area contributed by atoms with E-state index in [1.807, 2.05) is 37.3 Å². The molecule has 0 spiro atoms. The number of imidazole rings is 1. The first-order valence-electron chi connectivity index (χ1n) is 13.1. The van der Waals surface area contributed by atoms with Crippen molar-refractivity contribution in [1.29, 1.82) is 0 Å². The van der Waals surface area contributed by atoms with Crippen LogP contribution in [0.5, 0.6) is 5.75 Å². The van der Waals surface area contributed by atoms with Crippen LogP contribution in [0.1, 0.15) is 48.9 Å². The zero-order valence-corrected chi connectivity index (χ0v) is 22.6. The summed E-state index contributed by atoms with van der Waals surface area (Å²) in [6.45, 7) is 3.32. The molecule has 39 heavy (non-hydrogen) atoms. The zero-order valence-electron chi connectivity index (χ0n) is 21.9. The van der Waals surface area contributed by atoms with Crippen molar-refractivity contribution in [1.82, 2.24) is 19.5 Å². The third-order valence-electron chi connectivity index (χ3n) is 7.71. The van der Waals surface area contributed by atoms with Gasteiger partial charge >= 0.3 is 0 Å². The number of ether oxygens (including phenoxy) is 1. The highest BCUT2D eigenvalue weighted by Crippen LogP contribution is 2.42. The molecule has 10 heteroatoms. The van der Waals surface area contributed by atoms with Gasteiger partial charge in [0.1, 0.15) is 28.9 Å². The van der Waals surface area contributed by atoms with Gasteiger partial charge in [0.15, 0.2) is 0 Å². The lowest BCUT2D eigenvalue weighted by Crippen LogP contribution is -2.43. The molecule has 2 aliphatic rings. The maximum absolute atomic E-state index is 13.7. The van der Waals surface area contributed by atoms with Crippen molar-refractivity contribution in [3.63, 3.8) is 0 Å². The van der Waals surface area contributed by atoms with Crippen LogP contribution in [0, 0.1) is 5.82 Å². The highest BCUT2D eigenvalue weighted by Gasteiger charge is 2.34. The van der Waals surface area contributed by atoms with Gasteiger partial charge in [-0.3, -0.25) is 0 Å². The average molecular weight is 549 g/mol. The van der Waals surface area contributed by atoms with Crippen molar-refractivity contribution in [2.45, 2.75) is 44.1 Å². The molecule has 0 bridgehead atoms. The fraction of sp³-hybridized carbons (Fsp3) is 0.345. The smallest absolute Gasteiger partial charge is 0.229 e. The summed E-state index contributed by atoms with van der Waals surface area (Å²) in [5.74, 6) is 1.82. The van der Waals surface area contributed by atoms with Gasteiger partial charge in [0.25, 0.3) is 0 Å². The summed E-state index contributed by atoms with van der Waals surface area (Å²) in [5.41, 5.74) is 4.03. The maximum atomic E-state index is 13.7. The van der Waals surface area contributed by atoms with E-state index in [2.05, 4.69) is 15.2 Å². The lowest BCUT2D eigenvalue weighted by Gasteiger charge is -2.37. The molecular formula is C29H30ClFN6O2. The molecule has 0 radical (unpaired) electrons. The fourth-order valence-electron chi connectivity index (χ4n) is 5.51. The SMILES string of the molecule is COc1cc(Nc2nc3c(c(N4CCC(C)(O)CC4)n2)CCC3c2ccc(F)cc2)ccc1-n1cnc(Cl)c1. The lowest BCUT2D eigenvalue weighted by atomic mass is 9.93. The first kappa shape index (κ1) is 25.6. The Kier molecular flexibility index (Phi) is 6.64. The van der Waals surface area contributed by atoms with Crippen LogP contribution in [0.2, 0.25) is 5.15 Å². The van der Waals surface area contributed by atoms with Crippen LogP contribution in [-0.4, -0.2) is 50.4 Å². The molecule has 3 heterocycles. The van der Waals surface area contributed by atoms with Crippen molar-refractivity contribution in [3.8, 4) is 11.4 Å². The summed E-state index contributed by atoms with van der Waals surface area (Å²) in [6.07, 6.45) is 6.42. The average Bonchev–Trinajstić information content (AvgIpc) is 3.55. The molecular weight excluding hydrogens is 519 g/mol. The summed E-state index contributed by atoms with van der Waals surface area (Å²) in [5, 5.41) is 14.3. The molecule has 2 N–H and O–H groups in total. The molecule has 202 valence electrons. The molecule has 0 amide bonds. The molecule has 1 saturated heterocycles. The number of rotatable bonds is 6. The third kappa shape index (κ3) is 5.16. The van der Waals surface area contributed by atoms with E-state index >= 15 is 0 Å². The zero-order chi connectivity index (χ0) is 27.1. The van der Waals surface area contributed by atoms with Crippen LogP contribution in [0.4, 0.5) is 21.8 Å². The van der Waals surface area contributed by atoms with E-state index in [0.717, 1.165) is 46.9 Å². The second-order valence-electron chi connectivity index (χ2n) is 10.5. The number of aromatic nitrogens is 4. The monoisotopic (exact) mass is 548 g/mol. The Labute approximate surface area is 231 Å². The highest BCUT2D eigenvalue weighted by atomic mass is 35.5. The summed E-state index contributed by atoms with van der Waals surface area (Å²) in [6, 6.07) is 12.4. The quantitative estimate of drug-likeness (QED) is 0.322. The van der Waals surface area contributed by atoms with Crippen molar-refractivity contribution in [3.05, 3.63) is 82.8 Å². The van der Waals surface area contributed by atoms with Crippen molar-refractivity contribution >= 4 is 29.1 Å². The van der Waals surface area contributed by atoms with Crippen molar-refractivity contribution in [2.75, 3.05) is 30.4 Å². The normalized spacial score (nSPS) is 18.2. The van der Waals surface area contributed by atoms with Crippen LogP contribution >= 0.6 is 11.6 Å². The van der Waals surface area contributed by atoms with Gasteiger partial charge in [0, 0.05) is 42.5 Å². The molecule has 0 saturated carbocycles. The Morgan fingerprint density at radius 1 is 1.13 bits per heavy atom. The highest BCUT2D eigenvalue weighted by molar-refractivity contribution is 6.29. The van der Waals surface area contributed by atoms with Crippen LogP contribution in [0.15, 0.2) is 55.0 Å². The summed E-state index contributed by atoms with van der Waals surface area (Å²) >= 11 is 6.01. The molecule has 6 rings (SSSR count). The van der Waals surface area contributed by atoms with Crippen LogP contribution in [-0.2, 0) is 6.42 Å². The number of hydrogen-bond acceptors (Lipinski definition) is 7. The van der Waals surface area contributed by atoms with Crippen LogP contribution < -0.4 is 15.0 Å². The van der Waals surface area contributed by atoms with Crippen molar-refractivity contribution < 1.29 is 14.2 Å². The minimum absolute atomic E-state index is 0.0544. The van der Waals surface area contributed by atoms with Crippen LogP contribution in [0.3, 0.4) is 0 Å². The summed E-state index contributed by atoms with van der Waals surface area (Å²) in [4.78, 5) is 16.3. The maximum Gasteiger partial charge on any atom is 0.229 e. The number of anilines is 3. The molecule has 1 fully saturated rings. The minimum atomic E-state index is -0.664. The molecule has 2 aromatic heterocycles. The Bertz CT molecular complexity index is 1500. The van der Waals surface area contributed by atoms with E-state index in [1.165, 1.54) is 12.1 Å². The standard InChI is InChI=1S/C29H30ClFN6O2/c1-29(38)11-13-36(14-12-29)27-22-9-8-21(18-3-5-19(31)6-4-18)26(22)34-28(35-27)33-20-7-10-23(24(15-20)39-2)37-16-25(30)32-17-37/h3-7,10,15-17,21,38H,8-9,11-14H2,1-2H3,(H,33,34,35). The third-order valence-corrected chi connectivity index (χ3v) is 7.90. The number of nitrogens with one attached hydrogen (secondary N) is 1. The van der Waals surface area contributed by atoms with Gasteiger partial charge in [-0.25, -0.2) is 14.4 Å². The predicted octanol–water partition coefficient (Wildman–Crippen LogP) is 5.64. The molecule has 4 aromatic rings. The number of fused-ring (bicyclic) bond motifs is 1. The van der Waals surface area contributed by atoms with E-state index < -0.39 is 5.60 Å². The number of aliphatic hydroxyl groups is 1. The number of benzene rings is 2. The summed E-state index contributed by atoms with van der Waals surface area (Å²) in [7, 11) is 1.61. The predicted molar refractivity (Wildman–Crippen MR) is 149 cm³/mol. The van der Waals surface area contributed by atoms with E-state index in [4.69, 9.17) is 26.3 Å². The first-order valence-corrected chi connectivity index (χ1v) is 13.5. The summed E-state index contributed by atoms with van der Waals surface area (Å²) < 4.78 is 21.1. The number of nitrogens with zero attached hydrogens (tertiary/aromatic N) is 5. The van der Waals surface area contributed by atoms with E-state index in [9.17, 15) is 9.50 Å². The van der Waals surface area contributed by atoms with Crippen molar-refractivity contribution in [2.24, 2.45) is 0 Å². The first-order chi connectivity index (χ1) is 18.8. The number of hydrogen-bond donors (Lipinski definition) is 2. The fourth-order valence-corrected chi connectivity index (χ4v) is 5.66. The van der Waals surface area contributed by atoms with Crippen LogP contribution in [0.25, 0.3) is 5.69 Å². The Balaban J connectivity index is 1.37. The van der Waals surface area contributed by atoms with Gasteiger partial charge in [0.05, 0.1) is 24.1 Å².